The zero-order valence-electron chi connectivity index (χ0n) is 16.4. The third kappa shape index (κ3) is 5.55. The highest BCUT2D eigenvalue weighted by Crippen LogP contribution is 2.19. The van der Waals surface area contributed by atoms with Crippen LogP contribution in [-0.2, 0) is 26.1 Å². The number of halogens is 2. The number of aliphatic imine (C=N–C) groups is 1. The van der Waals surface area contributed by atoms with Crippen LogP contribution in [0.15, 0.2) is 34.1 Å². The van der Waals surface area contributed by atoms with Crippen molar-refractivity contribution in [2.45, 2.75) is 51.9 Å². The molecule has 1 aliphatic heterocycles. The lowest BCUT2D eigenvalue weighted by molar-refractivity contribution is -0.0504. The predicted octanol–water partition coefficient (Wildman–Crippen LogP) is 1.74. The summed E-state index contributed by atoms with van der Waals surface area (Å²) in [6, 6.07) is 6.62. The minimum atomic E-state index is -2.87. The number of rotatable bonds is 8. The van der Waals surface area contributed by atoms with E-state index in [1.54, 1.807) is 29.8 Å². The Labute approximate surface area is 167 Å². The number of para-hydroxylation sites is 1. The molecule has 8 nitrogen and oxygen atoms in total. The molecule has 0 fully saturated rings. The molecule has 1 aliphatic rings. The van der Waals surface area contributed by atoms with E-state index in [1.165, 1.54) is 10.7 Å². The lowest BCUT2D eigenvalue weighted by atomic mass is 10.2. The van der Waals surface area contributed by atoms with Crippen LogP contribution >= 0.6 is 0 Å². The van der Waals surface area contributed by atoms with Crippen LogP contribution in [0.25, 0.3) is 0 Å². The van der Waals surface area contributed by atoms with Gasteiger partial charge < -0.3 is 15.4 Å². The van der Waals surface area contributed by atoms with Gasteiger partial charge in [-0.2, -0.15) is 13.9 Å². The highest BCUT2D eigenvalue weighted by Gasteiger charge is 2.16. The Hall–Kier alpha value is -2.91. The number of ether oxygens (including phenoxy) is 1. The van der Waals surface area contributed by atoms with Crippen LogP contribution in [0.4, 0.5) is 8.78 Å². The van der Waals surface area contributed by atoms with E-state index in [0.29, 0.717) is 31.0 Å². The maximum absolute atomic E-state index is 12.5. The van der Waals surface area contributed by atoms with Gasteiger partial charge in [0.2, 0.25) is 0 Å². The Morgan fingerprint density at radius 1 is 1.31 bits per heavy atom. The van der Waals surface area contributed by atoms with Crippen molar-refractivity contribution in [1.29, 1.82) is 0 Å². The predicted molar refractivity (Wildman–Crippen MR) is 105 cm³/mol. The van der Waals surface area contributed by atoms with Crippen molar-refractivity contribution in [3.05, 3.63) is 46.1 Å². The Balaban J connectivity index is 1.46. The first-order valence-corrected chi connectivity index (χ1v) is 9.72. The Morgan fingerprint density at radius 2 is 2.14 bits per heavy atom. The normalized spacial score (nSPS) is 14.0. The Bertz CT molecular complexity index is 893. The first-order valence-electron chi connectivity index (χ1n) is 9.72. The van der Waals surface area contributed by atoms with E-state index in [4.69, 9.17) is 0 Å². The molecular weight excluding hydrogens is 382 g/mol. The SMILES string of the molecule is CN=C(NCCCn1nc2n(c1=O)CCCC2)NCc1ccccc1OC(F)F. The van der Waals surface area contributed by atoms with E-state index in [0.717, 1.165) is 31.6 Å². The van der Waals surface area contributed by atoms with Crippen molar-refractivity contribution in [3.63, 3.8) is 0 Å². The summed E-state index contributed by atoms with van der Waals surface area (Å²) in [4.78, 5) is 16.4. The molecule has 0 atom stereocenters. The average molecular weight is 408 g/mol. The monoisotopic (exact) mass is 408 g/mol. The third-order valence-corrected chi connectivity index (χ3v) is 4.73. The van der Waals surface area contributed by atoms with Gasteiger partial charge in [0.05, 0.1) is 0 Å². The lowest BCUT2D eigenvalue weighted by Gasteiger charge is -2.14. The number of hydrogen-bond acceptors (Lipinski definition) is 4. The van der Waals surface area contributed by atoms with Crippen LogP contribution in [0.2, 0.25) is 0 Å². The maximum Gasteiger partial charge on any atom is 0.387 e. The fraction of sp³-hybridized carbons (Fsp3) is 0.526. The molecule has 0 saturated heterocycles. The van der Waals surface area contributed by atoms with Gasteiger partial charge in [-0.15, -0.1) is 0 Å². The van der Waals surface area contributed by atoms with Gasteiger partial charge in [0.25, 0.3) is 0 Å². The summed E-state index contributed by atoms with van der Waals surface area (Å²) in [6.45, 7) is -0.724. The molecular formula is C19H26F2N6O2. The summed E-state index contributed by atoms with van der Waals surface area (Å²) in [7, 11) is 1.63. The van der Waals surface area contributed by atoms with Crippen molar-refractivity contribution in [3.8, 4) is 5.75 Å². The molecule has 0 radical (unpaired) electrons. The van der Waals surface area contributed by atoms with E-state index in [9.17, 15) is 13.6 Å². The van der Waals surface area contributed by atoms with Crippen LogP contribution in [-0.4, -0.2) is 40.5 Å². The first kappa shape index (κ1) is 20.8. The van der Waals surface area contributed by atoms with Crippen LogP contribution in [0.3, 0.4) is 0 Å². The van der Waals surface area contributed by atoms with Gasteiger partial charge in [0, 0.05) is 45.2 Å². The van der Waals surface area contributed by atoms with Crippen molar-refractivity contribution >= 4 is 5.96 Å². The van der Waals surface area contributed by atoms with E-state index in [2.05, 4.69) is 25.5 Å². The fourth-order valence-corrected chi connectivity index (χ4v) is 3.29. The third-order valence-electron chi connectivity index (χ3n) is 4.73. The van der Waals surface area contributed by atoms with Crippen LogP contribution in [0.5, 0.6) is 5.75 Å². The summed E-state index contributed by atoms with van der Waals surface area (Å²) in [5, 5.41) is 10.6. The van der Waals surface area contributed by atoms with E-state index in [1.807, 2.05) is 0 Å². The number of aromatic nitrogens is 3. The van der Waals surface area contributed by atoms with Crippen molar-refractivity contribution < 1.29 is 13.5 Å². The van der Waals surface area contributed by atoms with Crippen LogP contribution in [0, 0.1) is 0 Å². The highest BCUT2D eigenvalue weighted by molar-refractivity contribution is 5.79. The van der Waals surface area contributed by atoms with E-state index in [-0.39, 0.29) is 18.0 Å². The van der Waals surface area contributed by atoms with Gasteiger partial charge in [-0.3, -0.25) is 9.56 Å². The molecule has 10 heteroatoms. The number of nitrogens with one attached hydrogen (secondary N) is 2. The smallest absolute Gasteiger partial charge is 0.387 e. The van der Waals surface area contributed by atoms with E-state index < -0.39 is 6.61 Å². The molecule has 0 amide bonds. The molecule has 0 bridgehead atoms. The zero-order valence-corrected chi connectivity index (χ0v) is 16.4. The van der Waals surface area contributed by atoms with E-state index >= 15 is 0 Å². The van der Waals surface area contributed by atoms with Crippen LogP contribution < -0.4 is 21.1 Å². The summed E-state index contributed by atoms with van der Waals surface area (Å²) in [5.41, 5.74) is 0.559. The number of guanidine groups is 1. The Kier molecular flexibility index (Phi) is 7.20. The number of aryl methyl sites for hydroxylation is 2. The largest absolute Gasteiger partial charge is 0.434 e. The van der Waals surface area contributed by atoms with Gasteiger partial charge in [-0.05, 0) is 25.3 Å². The molecule has 1 aromatic carbocycles. The van der Waals surface area contributed by atoms with Crippen molar-refractivity contribution in [2.24, 2.45) is 4.99 Å². The minimum Gasteiger partial charge on any atom is -0.434 e. The number of nitrogens with zero attached hydrogens (tertiary/aromatic N) is 4. The van der Waals surface area contributed by atoms with Crippen molar-refractivity contribution in [1.82, 2.24) is 25.0 Å². The molecule has 0 spiro atoms. The van der Waals surface area contributed by atoms with Crippen molar-refractivity contribution in [2.75, 3.05) is 13.6 Å². The molecule has 0 unspecified atom stereocenters. The minimum absolute atomic E-state index is 0.0437. The first-order chi connectivity index (χ1) is 14.1. The standard InChI is InChI=1S/C19H26F2N6O2/c1-22-18(24-13-14-7-2-3-8-15(14)29-17(20)21)23-10-6-12-27-19(28)26-11-5-4-9-16(26)25-27/h2-3,7-8,17H,4-6,9-13H2,1H3,(H2,22,23,24). The molecule has 158 valence electrons. The number of fused-ring (bicyclic) bond motifs is 1. The molecule has 29 heavy (non-hydrogen) atoms. The summed E-state index contributed by atoms with van der Waals surface area (Å²) in [5.74, 6) is 1.54. The molecule has 0 aliphatic carbocycles. The highest BCUT2D eigenvalue weighted by atomic mass is 19.3. The molecule has 3 rings (SSSR count). The van der Waals surface area contributed by atoms with Gasteiger partial charge in [-0.1, -0.05) is 18.2 Å². The molecule has 2 aromatic rings. The average Bonchev–Trinajstić information content (AvgIpc) is 3.04. The van der Waals surface area contributed by atoms with Gasteiger partial charge >= 0.3 is 12.3 Å². The maximum atomic E-state index is 12.5. The lowest BCUT2D eigenvalue weighted by Crippen LogP contribution is -2.38. The number of benzene rings is 1. The van der Waals surface area contributed by atoms with Gasteiger partial charge in [-0.25, -0.2) is 9.48 Å². The number of hydrogen-bond donors (Lipinski definition) is 2. The second-order valence-electron chi connectivity index (χ2n) is 6.72. The summed E-state index contributed by atoms with van der Waals surface area (Å²) in [6.07, 6.45) is 3.65. The summed E-state index contributed by atoms with van der Waals surface area (Å²) < 4.78 is 32.8. The molecule has 1 aromatic heterocycles. The quantitative estimate of drug-likeness (QED) is 0.395. The van der Waals surface area contributed by atoms with Crippen LogP contribution in [0.1, 0.15) is 30.7 Å². The fourth-order valence-electron chi connectivity index (χ4n) is 3.29. The second kappa shape index (κ2) is 10.0. The van der Waals surface area contributed by atoms with Gasteiger partial charge in [0.15, 0.2) is 5.96 Å². The molecule has 0 saturated carbocycles. The molecule has 2 heterocycles. The Morgan fingerprint density at radius 3 is 2.90 bits per heavy atom. The zero-order chi connectivity index (χ0) is 20.6. The molecule has 2 N–H and O–H groups in total. The second-order valence-corrected chi connectivity index (χ2v) is 6.72. The number of alkyl halides is 2. The summed E-state index contributed by atoms with van der Waals surface area (Å²) >= 11 is 0. The topological polar surface area (TPSA) is 85.5 Å². The van der Waals surface area contributed by atoms with Gasteiger partial charge in [0.1, 0.15) is 11.6 Å².